The number of ketones is 1. The summed E-state index contributed by atoms with van der Waals surface area (Å²) in [6, 6.07) is 5.79. The van der Waals surface area contributed by atoms with Crippen LogP contribution in [0.2, 0.25) is 0 Å². The molecule has 170 valence electrons. The average molecular weight is 450 g/mol. The van der Waals surface area contributed by atoms with Crippen molar-refractivity contribution < 1.29 is 22.8 Å². The van der Waals surface area contributed by atoms with Gasteiger partial charge in [0.15, 0.2) is 0 Å². The Morgan fingerprint density at radius 2 is 1.81 bits per heavy atom. The highest BCUT2D eigenvalue weighted by Crippen LogP contribution is 2.34. The molecule has 9 heteroatoms. The Labute approximate surface area is 183 Å². The van der Waals surface area contributed by atoms with E-state index in [4.69, 9.17) is 0 Å². The minimum atomic E-state index is -3.93. The maximum absolute atomic E-state index is 13.1. The lowest BCUT2D eigenvalue weighted by Gasteiger charge is -2.34. The van der Waals surface area contributed by atoms with Crippen molar-refractivity contribution in [2.24, 2.45) is 17.8 Å². The van der Waals surface area contributed by atoms with Crippen LogP contribution in [-0.4, -0.2) is 44.6 Å². The second-order valence-corrected chi connectivity index (χ2v) is 10.6. The monoisotopic (exact) mass is 449 g/mol. The van der Waals surface area contributed by atoms with Gasteiger partial charge in [-0.3, -0.25) is 14.4 Å². The maximum Gasteiger partial charge on any atom is 0.289 e. The van der Waals surface area contributed by atoms with Crippen LogP contribution >= 0.6 is 0 Å². The molecule has 0 spiro atoms. The van der Waals surface area contributed by atoms with E-state index in [1.54, 1.807) is 32.0 Å². The molecule has 1 aromatic carbocycles. The molecule has 2 amide bonds. The molecule has 2 aliphatic rings. The summed E-state index contributed by atoms with van der Waals surface area (Å²) in [5.74, 6) is -2.03. The van der Waals surface area contributed by atoms with E-state index in [2.05, 4.69) is 15.4 Å². The lowest BCUT2D eigenvalue weighted by Crippen LogP contribution is -2.57. The van der Waals surface area contributed by atoms with Crippen molar-refractivity contribution in [2.75, 3.05) is 6.54 Å². The number of benzene rings is 1. The van der Waals surface area contributed by atoms with Crippen LogP contribution < -0.4 is 15.4 Å². The number of carbonyl (C=O) groups excluding carboxylic acids is 3. The summed E-state index contributed by atoms with van der Waals surface area (Å²) in [7, 11) is -3.93. The Kier molecular flexibility index (Phi) is 7.48. The van der Waals surface area contributed by atoms with E-state index in [9.17, 15) is 22.8 Å². The van der Waals surface area contributed by atoms with Crippen LogP contribution in [0.15, 0.2) is 35.2 Å². The zero-order chi connectivity index (χ0) is 22.6. The van der Waals surface area contributed by atoms with Crippen molar-refractivity contribution in [1.82, 2.24) is 15.4 Å². The Hall–Kier alpha value is -2.26. The number of sulfonamides is 1. The lowest BCUT2D eigenvalue weighted by atomic mass is 9.76. The number of rotatable bonds is 6. The second kappa shape index (κ2) is 9.91. The zero-order valence-electron chi connectivity index (χ0n) is 18.0. The highest BCUT2D eigenvalue weighted by molar-refractivity contribution is 7.89. The first kappa shape index (κ1) is 23.4. The molecule has 1 saturated heterocycles. The third-order valence-electron chi connectivity index (χ3n) is 6.22. The molecule has 1 saturated carbocycles. The summed E-state index contributed by atoms with van der Waals surface area (Å²) < 4.78 is 28.0. The van der Waals surface area contributed by atoms with E-state index in [0.717, 1.165) is 32.1 Å². The van der Waals surface area contributed by atoms with Crippen LogP contribution in [0.1, 0.15) is 46.0 Å². The smallest absolute Gasteiger partial charge is 0.289 e. The first-order valence-electron chi connectivity index (χ1n) is 10.9. The molecule has 1 aliphatic carbocycles. The molecule has 3 rings (SSSR count). The molecule has 0 aromatic heterocycles. The predicted octanol–water partition coefficient (Wildman–Crippen LogP) is 1.37. The molecule has 8 nitrogen and oxygen atoms in total. The van der Waals surface area contributed by atoms with Gasteiger partial charge >= 0.3 is 0 Å². The SMILES string of the molecule is CC(C)C(NS(=O)(=O)c1ccccc1)C(=O)NC1C(=O)C(=O)NCCC2CCCC1C2. The Morgan fingerprint density at radius 1 is 1.10 bits per heavy atom. The first-order valence-corrected chi connectivity index (χ1v) is 12.4. The standard InChI is InChI=1S/C22H31N3O5S/c1-14(2)18(25-31(29,30)17-9-4-3-5-10-17)21(27)24-19-16-8-6-7-15(13-16)11-12-23-22(28)20(19)26/h3-5,9-10,14-16,18-19,25H,6-8,11-13H2,1-2H3,(H,23,28)(H,24,27). The van der Waals surface area contributed by atoms with Crippen LogP contribution in [0, 0.1) is 17.8 Å². The first-order chi connectivity index (χ1) is 14.7. The Bertz CT molecular complexity index is 916. The molecule has 2 bridgehead atoms. The van der Waals surface area contributed by atoms with Gasteiger partial charge in [-0.05, 0) is 49.1 Å². The van der Waals surface area contributed by atoms with Crippen molar-refractivity contribution >= 4 is 27.6 Å². The lowest BCUT2D eigenvalue weighted by molar-refractivity contribution is -0.141. The highest BCUT2D eigenvalue weighted by atomic mass is 32.2. The molecule has 31 heavy (non-hydrogen) atoms. The van der Waals surface area contributed by atoms with Gasteiger partial charge < -0.3 is 10.6 Å². The van der Waals surface area contributed by atoms with E-state index in [1.807, 2.05) is 0 Å². The van der Waals surface area contributed by atoms with Crippen molar-refractivity contribution in [3.63, 3.8) is 0 Å². The van der Waals surface area contributed by atoms with Crippen molar-refractivity contribution in [3.8, 4) is 0 Å². The average Bonchev–Trinajstić information content (AvgIpc) is 2.78. The highest BCUT2D eigenvalue weighted by Gasteiger charge is 2.39. The van der Waals surface area contributed by atoms with Gasteiger partial charge in [0.05, 0.1) is 4.90 Å². The van der Waals surface area contributed by atoms with Crippen LogP contribution in [-0.2, 0) is 24.4 Å². The molecule has 0 radical (unpaired) electrons. The molecule has 1 heterocycles. The number of fused-ring (bicyclic) bond motifs is 2. The van der Waals surface area contributed by atoms with Crippen LogP contribution in [0.25, 0.3) is 0 Å². The second-order valence-electron chi connectivity index (χ2n) is 8.84. The topological polar surface area (TPSA) is 121 Å². The van der Waals surface area contributed by atoms with E-state index >= 15 is 0 Å². The molecule has 4 unspecified atom stereocenters. The van der Waals surface area contributed by atoms with Crippen LogP contribution in [0.3, 0.4) is 0 Å². The molecule has 1 aromatic rings. The van der Waals surface area contributed by atoms with Gasteiger partial charge in [-0.15, -0.1) is 0 Å². The van der Waals surface area contributed by atoms with Gasteiger partial charge in [0.1, 0.15) is 12.1 Å². The van der Waals surface area contributed by atoms with E-state index in [0.29, 0.717) is 12.5 Å². The van der Waals surface area contributed by atoms with E-state index in [1.165, 1.54) is 12.1 Å². The number of hydrogen-bond donors (Lipinski definition) is 3. The predicted molar refractivity (Wildman–Crippen MR) is 115 cm³/mol. The molecule has 2 fully saturated rings. The fourth-order valence-corrected chi connectivity index (χ4v) is 5.85. The number of amides is 2. The number of carbonyl (C=O) groups is 3. The van der Waals surface area contributed by atoms with Gasteiger partial charge in [0, 0.05) is 6.54 Å². The summed E-state index contributed by atoms with van der Waals surface area (Å²) >= 11 is 0. The molecule has 1 aliphatic heterocycles. The molecule has 3 N–H and O–H groups in total. The van der Waals surface area contributed by atoms with Gasteiger partial charge in [-0.1, -0.05) is 44.9 Å². The summed E-state index contributed by atoms with van der Waals surface area (Å²) in [5.41, 5.74) is 0. The normalized spacial score (nSPS) is 25.7. The number of nitrogens with one attached hydrogen (secondary N) is 3. The summed E-state index contributed by atoms with van der Waals surface area (Å²) in [5, 5.41) is 5.38. The van der Waals surface area contributed by atoms with Crippen LogP contribution in [0.4, 0.5) is 0 Å². The summed E-state index contributed by atoms with van der Waals surface area (Å²) in [4.78, 5) is 38.3. The number of Topliss-reactive ketones (excluding diaryl/α,β-unsaturated/α-hetero) is 1. The number of hydrogen-bond acceptors (Lipinski definition) is 5. The van der Waals surface area contributed by atoms with E-state index < -0.39 is 39.7 Å². The largest absolute Gasteiger partial charge is 0.349 e. The van der Waals surface area contributed by atoms with E-state index in [-0.39, 0.29) is 16.7 Å². The quantitative estimate of drug-likeness (QED) is 0.567. The maximum atomic E-state index is 13.1. The zero-order valence-corrected chi connectivity index (χ0v) is 18.8. The molecule has 4 atom stereocenters. The van der Waals surface area contributed by atoms with Crippen molar-refractivity contribution in [3.05, 3.63) is 30.3 Å². The van der Waals surface area contributed by atoms with Gasteiger partial charge in [-0.2, -0.15) is 4.72 Å². The van der Waals surface area contributed by atoms with Crippen molar-refractivity contribution in [2.45, 2.75) is 62.9 Å². The Balaban J connectivity index is 1.81. The molecular formula is C22H31N3O5S. The van der Waals surface area contributed by atoms with Gasteiger partial charge in [-0.25, -0.2) is 8.42 Å². The van der Waals surface area contributed by atoms with Crippen molar-refractivity contribution in [1.29, 1.82) is 0 Å². The minimum absolute atomic E-state index is 0.0569. The molecular weight excluding hydrogens is 418 g/mol. The Morgan fingerprint density at radius 3 is 2.48 bits per heavy atom. The summed E-state index contributed by atoms with van der Waals surface area (Å²) in [6.45, 7) is 3.91. The third kappa shape index (κ3) is 5.71. The third-order valence-corrected chi connectivity index (χ3v) is 7.68. The fourth-order valence-electron chi connectivity index (χ4n) is 4.48. The minimum Gasteiger partial charge on any atom is -0.349 e. The fraction of sp³-hybridized carbons (Fsp3) is 0.591. The van der Waals surface area contributed by atoms with Crippen LogP contribution in [0.5, 0.6) is 0 Å². The summed E-state index contributed by atoms with van der Waals surface area (Å²) in [6.07, 6.45) is 4.34. The van der Waals surface area contributed by atoms with Gasteiger partial charge in [0.25, 0.3) is 5.91 Å². The van der Waals surface area contributed by atoms with Gasteiger partial charge in [0.2, 0.25) is 21.7 Å².